The first-order valence-corrected chi connectivity index (χ1v) is 5.08. The zero-order valence-electron chi connectivity index (χ0n) is 7.34. The van der Waals surface area contributed by atoms with Crippen molar-refractivity contribution in [1.29, 1.82) is 0 Å². The molecule has 72 valence electrons. The number of rotatable bonds is 4. The third kappa shape index (κ3) is 3.08. The molecule has 0 bridgehead atoms. The van der Waals surface area contributed by atoms with Gasteiger partial charge in [0.2, 0.25) is 0 Å². The van der Waals surface area contributed by atoms with Crippen LogP contribution in [0.2, 0.25) is 0 Å². The van der Waals surface area contributed by atoms with E-state index < -0.39 is 0 Å². The summed E-state index contributed by atoms with van der Waals surface area (Å²) < 4.78 is 13.6. The van der Waals surface area contributed by atoms with Gasteiger partial charge >= 0.3 is 0 Å². The van der Waals surface area contributed by atoms with Crippen molar-refractivity contribution in [2.24, 2.45) is 5.73 Å². The number of halogens is 2. The van der Waals surface area contributed by atoms with E-state index in [0.29, 0.717) is 13.0 Å². The van der Waals surface area contributed by atoms with Crippen LogP contribution in [0, 0.1) is 0 Å². The minimum atomic E-state index is -0.334. The highest BCUT2D eigenvalue weighted by Crippen LogP contribution is 2.21. The summed E-state index contributed by atoms with van der Waals surface area (Å²) in [6.07, 6.45) is 0.706. The third-order valence-electron chi connectivity index (χ3n) is 2.04. The Morgan fingerprint density at radius 2 is 1.92 bits per heavy atom. The smallest absolute Gasteiger partial charge is 0.0963 e. The first kappa shape index (κ1) is 10.7. The van der Waals surface area contributed by atoms with Crippen molar-refractivity contribution in [2.45, 2.75) is 12.3 Å². The second kappa shape index (κ2) is 5.35. The van der Waals surface area contributed by atoms with E-state index in [9.17, 15) is 4.39 Å². The van der Waals surface area contributed by atoms with Crippen LogP contribution in [0.4, 0.5) is 4.39 Å². The van der Waals surface area contributed by atoms with E-state index in [0.717, 1.165) is 10.0 Å². The molecule has 1 rings (SSSR count). The van der Waals surface area contributed by atoms with Gasteiger partial charge in [-0.2, -0.15) is 0 Å². The van der Waals surface area contributed by atoms with Crippen LogP contribution < -0.4 is 5.73 Å². The molecule has 0 aliphatic heterocycles. The molecule has 13 heavy (non-hydrogen) atoms. The van der Waals surface area contributed by atoms with Crippen LogP contribution in [0.1, 0.15) is 17.9 Å². The summed E-state index contributed by atoms with van der Waals surface area (Å²) in [5, 5.41) is 0. The number of benzene rings is 1. The highest BCUT2D eigenvalue weighted by atomic mass is 79.9. The molecular formula is C10H13BrFN. The predicted octanol–water partition coefficient (Wildman–Crippen LogP) is 2.85. The summed E-state index contributed by atoms with van der Waals surface area (Å²) >= 11 is 3.34. The van der Waals surface area contributed by atoms with Crippen molar-refractivity contribution in [3.05, 3.63) is 34.3 Å². The Kier molecular flexibility index (Phi) is 4.39. The van der Waals surface area contributed by atoms with Crippen molar-refractivity contribution in [3.63, 3.8) is 0 Å². The van der Waals surface area contributed by atoms with Gasteiger partial charge in [-0.3, -0.25) is 4.39 Å². The summed E-state index contributed by atoms with van der Waals surface area (Å²) in [4.78, 5) is 0. The van der Waals surface area contributed by atoms with E-state index in [1.165, 1.54) is 0 Å². The minimum absolute atomic E-state index is 0.0434. The van der Waals surface area contributed by atoms with Gasteiger partial charge < -0.3 is 5.73 Å². The van der Waals surface area contributed by atoms with Gasteiger partial charge in [0, 0.05) is 10.4 Å². The van der Waals surface area contributed by atoms with Gasteiger partial charge in [0.1, 0.15) is 0 Å². The van der Waals surface area contributed by atoms with Gasteiger partial charge in [-0.05, 0) is 30.7 Å². The average Bonchev–Trinajstić information content (AvgIpc) is 2.16. The van der Waals surface area contributed by atoms with E-state index in [2.05, 4.69) is 15.9 Å². The fraction of sp³-hybridized carbons (Fsp3) is 0.400. The minimum Gasteiger partial charge on any atom is -0.330 e. The molecule has 0 saturated carbocycles. The first-order chi connectivity index (χ1) is 6.27. The zero-order valence-corrected chi connectivity index (χ0v) is 8.93. The topological polar surface area (TPSA) is 26.0 Å². The molecule has 0 spiro atoms. The van der Waals surface area contributed by atoms with Crippen LogP contribution in [0.3, 0.4) is 0 Å². The standard InChI is InChI=1S/C10H13BrFN/c11-10-3-1-8(2-4-10)9(7-12)5-6-13/h1-4,9H,5-7,13H2. The maximum atomic E-state index is 12.6. The van der Waals surface area contributed by atoms with Gasteiger partial charge in [-0.15, -0.1) is 0 Å². The first-order valence-electron chi connectivity index (χ1n) is 4.29. The van der Waals surface area contributed by atoms with E-state index in [-0.39, 0.29) is 12.6 Å². The molecule has 0 fully saturated rings. The average molecular weight is 246 g/mol. The van der Waals surface area contributed by atoms with Crippen LogP contribution in [0.25, 0.3) is 0 Å². The van der Waals surface area contributed by atoms with Crippen molar-refractivity contribution in [2.75, 3.05) is 13.2 Å². The van der Waals surface area contributed by atoms with E-state index in [1.807, 2.05) is 24.3 Å². The fourth-order valence-electron chi connectivity index (χ4n) is 1.27. The van der Waals surface area contributed by atoms with Crippen LogP contribution in [-0.4, -0.2) is 13.2 Å². The molecule has 1 aromatic rings. The summed E-state index contributed by atoms with van der Waals surface area (Å²) in [5.41, 5.74) is 6.42. The normalized spacial score (nSPS) is 12.8. The highest BCUT2D eigenvalue weighted by Gasteiger charge is 2.09. The van der Waals surface area contributed by atoms with Gasteiger partial charge in [0.25, 0.3) is 0 Å². The lowest BCUT2D eigenvalue weighted by Crippen LogP contribution is -2.08. The number of alkyl halides is 1. The van der Waals surface area contributed by atoms with Crippen molar-refractivity contribution in [3.8, 4) is 0 Å². The molecule has 0 aliphatic carbocycles. The highest BCUT2D eigenvalue weighted by molar-refractivity contribution is 9.10. The third-order valence-corrected chi connectivity index (χ3v) is 2.57. The molecule has 2 N–H and O–H groups in total. The van der Waals surface area contributed by atoms with Gasteiger partial charge in [-0.1, -0.05) is 28.1 Å². The Balaban J connectivity index is 2.73. The molecule has 0 saturated heterocycles. The predicted molar refractivity (Wildman–Crippen MR) is 56.5 cm³/mol. The molecule has 1 unspecified atom stereocenters. The molecule has 0 aromatic heterocycles. The molecule has 3 heteroatoms. The lowest BCUT2D eigenvalue weighted by molar-refractivity contribution is 0.418. The van der Waals surface area contributed by atoms with Crippen LogP contribution in [-0.2, 0) is 0 Å². The SMILES string of the molecule is NCCC(CF)c1ccc(Br)cc1. The lowest BCUT2D eigenvalue weighted by atomic mass is 9.97. The summed E-state index contributed by atoms with van der Waals surface area (Å²) in [7, 11) is 0. The lowest BCUT2D eigenvalue weighted by Gasteiger charge is -2.11. The quantitative estimate of drug-likeness (QED) is 0.868. The zero-order chi connectivity index (χ0) is 9.68. The molecule has 0 heterocycles. The summed E-state index contributed by atoms with van der Waals surface area (Å²) in [5.74, 6) is -0.0434. The van der Waals surface area contributed by atoms with Gasteiger partial charge in [-0.25, -0.2) is 0 Å². The van der Waals surface area contributed by atoms with Crippen LogP contribution in [0.5, 0.6) is 0 Å². The Morgan fingerprint density at radius 1 is 1.31 bits per heavy atom. The molecular weight excluding hydrogens is 233 g/mol. The van der Waals surface area contributed by atoms with Gasteiger partial charge in [0.05, 0.1) is 6.67 Å². The number of hydrogen-bond donors (Lipinski definition) is 1. The number of hydrogen-bond acceptors (Lipinski definition) is 1. The Labute approximate surface area is 86.3 Å². The van der Waals surface area contributed by atoms with E-state index in [4.69, 9.17) is 5.73 Å². The summed E-state index contributed by atoms with van der Waals surface area (Å²) in [6.45, 7) is 0.198. The maximum Gasteiger partial charge on any atom is 0.0963 e. The molecule has 0 aliphatic rings. The Morgan fingerprint density at radius 3 is 2.38 bits per heavy atom. The van der Waals surface area contributed by atoms with Gasteiger partial charge in [0.15, 0.2) is 0 Å². The van der Waals surface area contributed by atoms with E-state index >= 15 is 0 Å². The molecule has 0 radical (unpaired) electrons. The largest absolute Gasteiger partial charge is 0.330 e. The molecule has 1 atom stereocenters. The Hall–Kier alpha value is -0.410. The van der Waals surface area contributed by atoms with Crippen LogP contribution >= 0.6 is 15.9 Å². The fourth-order valence-corrected chi connectivity index (χ4v) is 1.53. The van der Waals surface area contributed by atoms with Crippen LogP contribution in [0.15, 0.2) is 28.7 Å². The molecule has 1 aromatic carbocycles. The monoisotopic (exact) mass is 245 g/mol. The van der Waals surface area contributed by atoms with E-state index in [1.54, 1.807) is 0 Å². The Bertz CT molecular complexity index is 248. The van der Waals surface area contributed by atoms with Crippen molar-refractivity contribution < 1.29 is 4.39 Å². The second-order valence-electron chi connectivity index (χ2n) is 2.98. The second-order valence-corrected chi connectivity index (χ2v) is 3.90. The van der Waals surface area contributed by atoms with Crippen molar-refractivity contribution >= 4 is 15.9 Å². The molecule has 1 nitrogen and oxygen atoms in total. The number of nitrogens with two attached hydrogens (primary N) is 1. The summed E-state index contributed by atoms with van der Waals surface area (Å²) in [6, 6.07) is 7.72. The maximum absolute atomic E-state index is 12.6. The molecule has 0 amide bonds. The van der Waals surface area contributed by atoms with Crippen molar-refractivity contribution in [1.82, 2.24) is 0 Å².